The molecule has 0 aromatic rings. The maximum atomic E-state index is 13.9. The fraction of sp³-hybridized carbons (Fsp3) is 0.625. The number of methoxy groups -OCH3 is 2. The van der Waals surface area contributed by atoms with E-state index in [0.29, 0.717) is 18.4 Å². The Morgan fingerprint density at radius 3 is 2.33 bits per heavy atom. The Hall–Kier alpha value is -4.38. The van der Waals surface area contributed by atoms with Gasteiger partial charge in [-0.25, -0.2) is 9.59 Å². The van der Waals surface area contributed by atoms with Crippen LogP contribution in [0.3, 0.4) is 0 Å². The van der Waals surface area contributed by atoms with Crippen LogP contribution in [0.4, 0.5) is 0 Å². The number of aliphatic hydroxyl groups excluding tert-OH is 4. The molecule has 0 unspecified atom stereocenters. The van der Waals surface area contributed by atoms with Crippen molar-refractivity contribution in [3.8, 4) is 0 Å². The quantitative estimate of drug-likeness (QED) is 0.0825. The molecule has 1 saturated heterocycles. The summed E-state index contributed by atoms with van der Waals surface area (Å²) in [5, 5.41) is 59.2. The largest absolute Gasteiger partial charge is 0.510 e. The van der Waals surface area contributed by atoms with E-state index in [1.165, 1.54) is 20.3 Å². The van der Waals surface area contributed by atoms with Crippen molar-refractivity contribution in [3.63, 3.8) is 0 Å². The number of nitrogens with one attached hydrogen (secondary N) is 1. The normalized spacial score (nSPS) is 36.4. The van der Waals surface area contributed by atoms with E-state index >= 15 is 0 Å². The van der Waals surface area contributed by atoms with Gasteiger partial charge in [-0.2, -0.15) is 0 Å². The van der Waals surface area contributed by atoms with Gasteiger partial charge in [-0.15, -0.1) is 0 Å². The Balaban J connectivity index is 1.97. The summed E-state index contributed by atoms with van der Waals surface area (Å²) < 4.78 is 29.5. The monoisotopic (exact) mass is 885 g/mol. The molecule has 15 nitrogen and oxygen atoms in total. The summed E-state index contributed by atoms with van der Waals surface area (Å²) in [7, 11) is 2.75. The maximum Gasteiger partial charge on any atom is 0.373 e. The van der Waals surface area contributed by atoms with Crippen LogP contribution in [0.15, 0.2) is 83.0 Å². The third kappa shape index (κ3) is 14.1. The van der Waals surface area contributed by atoms with Gasteiger partial charge in [0, 0.05) is 68.1 Å². The molecular formula is C48H71NO14. The van der Waals surface area contributed by atoms with Gasteiger partial charge in [-0.05, 0) is 45.6 Å². The number of Topliss-reactive ketones (excluding diaryl/α,β-unsaturated/α-hetero) is 1. The van der Waals surface area contributed by atoms with Crippen LogP contribution in [0.25, 0.3) is 0 Å². The van der Waals surface area contributed by atoms with E-state index in [-0.39, 0.29) is 48.3 Å². The Bertz CT molecular complexity index is 1830. The van der Waals surface area contributed by atoms with Crippen LogP contribution < -0.4 is 5.32 Å². The van der Waals surface area contributed by atoms with Gasteiger partial charge >= 0.3 is 11.9 Å². The average Bonchev–Trinajstić information content (AvgIpc) is 3.55. The first-order valence-electron chi connectivity index (χ1n) is 21.9. The SMILES string of the molecule is C/C=C\[C@H]1O[C@@](O)([C@@H](C)[C@H](O)[C@H](C)[C@H]2OC(=O)/C(OC)=C\C(C)=C/[C@@H](C)[C@@H](O)[C@@H](CC)[C@@H](O)[C@H](C)C/C(C)=C/C=C/[C@@H]2OC)C[C@@H](OC(=O)/C=C/C(=O)NC2=C(O)CCC2=O)[C@@H]1C. The lowest BCUT2D eigenvalue weighted by Crippen LogP contribution is -2.58. The molecule has 63 heavy (non-hydrogen) atoms. The molecule has 15 heteroatoms. The standard InChI is InChI=1S/C48H71NO14/c1-12-15-36-30(7)39(61-41(53)21-20-40(52)49-42-34(50)18-19-35(42)51)25-48(58,63-36)32(9)45(56)31(8)46-37(59-10)17-14-16-26(3)22-28(5)43(54)33(13-2)44(55)29(6)23-27(4)24-38(60-11)47(57)62-46/h12,14-17,20-21,23-24,28-33,36-37,39,43-46,50,54-56,58H,13,18-19,22,25H2,1-11H3,(H,49,52)/b15-12-,17-14+,21-20+,26-16+,27-23-,38-24+/t28-,29-,30-,31+,32+,33+,36-,37+,39-,43+,44-,45-,46-,48-/m1/s1. The first-order valence-corrected chi connectivity index (χ1v) is 21.9. The molecule has 2 heterocycles. The van der Waals surface area contributed by atoms with Crippen LogP contribution in [0, 0.1) is 35.5 Å². The molecule has 352 valence electrons. The molecule has 3 aliphatic rings. The fourth-order valence-corrected chi connectivity index (χ4v) is 8.59. The van der Waals surface area contributed by atoms with Crippen LogP contribution in [0.2, 0.25) is 0 Å². The molecule has 14 atom stereocenters. The van der Waals surface area contributed by atoms with Crippen molar-refractivity contribution >= 4 is 23.6 Å². The van der Waals surface area contributed by atoms with Crippen LogP contribution in [-0.4, -0.2) is 112 Å². The number of ketones is 1. The van der Waals surface area contributed by atoms with Gasteiger partial charge in [0.25, 0.3) is 0 Å². The molecule has 1 aliphatic carbocycles. The molecule has 0 aromatic carbocycles. The second kappa shape index (κ2) is 24.1. The van der Waals surface area contributed by atoms with Crippen molar-refractivity contribution < 1.29 is 68.4 Å². The van der Waals surface area contributed by atoms with Gasteiger partial charge in [0.2, 0.25) is 11.7 Å². The Kier molecular flexibility index (Phi) is 20.2. The maximum absolute atomic E-state index is 13.9. The summed E-state index contributed by atoms with van der Waals surface area (Å²) in [6.45, 7) is 16.1. The molecule has 1 fully saturated rings. The van der Waals surface area contributed by atoms with E-state index in [1.807, 2.05) is 33.8 Å². The Morgan fingerprint density at radius 2 is 1.75 bits per heavy atom. The summed E-state index contributed by atoms with van der Waals surface area (Å²) >= 11 is 0. The highest BCUT2D eigenvalue weighted by molar-refractivity contribution is 6.04. The highest BCUT2D eigenvalue weighted by Gasteiger charge is 2.52. The van der Waals surface area contributed by atoms with E-state index in [4.69, 9.17) is 23.7 Å². The summed E-state index contributed by atoms with van der Waals surface area (Å²) in [5.41, 5.74) is 1.32. The molecule has 3 rings (SSSR count). The molecule has 6 N–H and O–H groups in total. The van der Waals surface area contributed by atoms with E-state index in [2.05, 4.69) is 5.32 Å². The van der Waals surface area contributed by atoms with Gasteiger partial charge in [0.1, 0.15) is 29.8 Å². The van der Waals surface area contributed by atoms with Crippen LogP contribution >= 0.6 is 0 Å². The molecule has 0 saturated carbocycles. The summed E-state index contributed by atoms with van der Waals surface area (Å²) in [6.07, 6.45) is 7.80. The minimum Gasteiger partial charge on any atom is -0.510 e. The van der Waals surface area contributed by atoms with Crippen molar-refractivity contribution in [2.75, 3.05) is 14.2 Å². The number of carbonyl (C=O) groups excluding carboxylic acids is 4. The zero-order valence-electron chi connectivity index (χ0n) is 38.6. The van der Waals surface area contributed by atoms with E-state index in [0.717, 1.165) is 17.7 Å². The number of amides is 1. The van der Waals surface area contributed by atoms with E-state index < -0.39 is 95.8 Å². The van der Waals surface area contributed by atoms with E-state index in [1.54, 1.807) is 65.0 Å². The van der Waals surface area contributed by atoms with Crippen molar-refractivity contribution in [1.29, 1.82) is 0 Å². The molecular weight excluding hydrogens is 815 g/mol. The summed E-state index contributed by atoms with van der Waals surface area (Å²) in [4.78, 5) is 51.4. The van der Waals surface area contributed by atoms with Gasteiger partial charge in [-0.1, -0.05) is 89.1 Å². The number of aliphatic hydroxyl groups is 5. The Labute approximate surface area is 372 Å². The first kappa shape index (κ1) is 53.0. The molecule has 0 spiro atoms. The van der Waals surface area contributed by atoms with Crippen LogP contribution in [0.5, 0.6) is 0 Å². The predicted molar refractivity (Wildman–Crippen MR) is 235 cm³/mol. The Morgan fingerprint density at radius 1 is 1.06 bits per heavy atom. The number of ether oxygens (including phenoxy) is 5. The lowest BCUT2D eigenvalue weighted by molar-refractivity contribution is -0.314. The number of allylic oxidation sites excluding steroid dienone is 8. The van der Waals surface area contributed by atoms with Crippen molar-refractivity contribution in [1.82, 2.24) is 5.32 Å². The van der Waals surface area contributed by atoms with Gasteiger partial charge in [0.05, 0.1) is 31.5 Å². The first-order chi connectivity index (χ1) is 29.6. The third-order valence-corrected chi connectivity index (χ3v) is 12.6. The second-order valence-corrected chi connectivity index (χ2v) is 17.4. The van der Waals surface area contributed by atoms with Crippen molar-refractivity contribution in [2.24, 2.45) is 35.5 Å². The van der Waals surface area contributed by atoms with E-state index in [9.17, 15) is 44.7 Å². The highest BCUT2D eigenvalue weighted by atomic mass is 16.6. The smallest absolute Gasteiger partial charge is 0.373 e. The lowest BCUT2D eigenvalue weighted by atomic mass is 9.77. The minimum absolute atomic E-state index is 0.0618. The zero-order chi connectivity index (χ0) is 47.3. The average molecular weight is 886 g/mol. The highest BCUT2D eigenvalue weighted by Crippen LogP contribution is 2.41. The number of rotatable bonds is 12. The van der Waals surface area contributed by atoms with Gasteiger partial charge in [-0.3, -0.25) is 9.59 Å². The number of hydrogen-bond acceptors (Lipinski definition) is 14. The second-order valence-electron chi connectivity index (χ2n) is 17.4. The molecule has 0 bridgehead atoms. The molecule has 1 amide bonds. The molecule has 0 aromatic heterocycles. The van der Waals surface area contributed by atoms with Crippen LogP contribution in [0.1, 0.15) is 94.4 Å². The molecule has 2 aliphatic heterocycles. The van der Waals surface area contributed by atoms with Crippen molar-refractivity contribution in [3.05, 3.63) is 83.0 Å². The summed E-state index contributed by atoms with van der Waals surface area (Å²) in [5.74, 6) is -8.99. The zero-order valence-corrected chi connectivity index (χ0v) is 38.6. The van der Waals surface area contributed by atoms with Crippen LogP contribution in [-0.2, 0) is 42.9 Å². The topological polar surface area (TPSA) is 228 Å². The predicted octanol–water partition coefficient (Wildman–Crippen LogP) is 5.36. The van der Waals surface area contributed by atoms with Gasteiger partial charge in [0.15, 0.2) is 11.6 Å². The fourth-order valence-electron chi connectivity index (χ4n) is 8.59. The van der Waals surface area contributed by atoms with Gasteiger partial charge < -0.3 is 54.5 Å². The number of cyclic esters (lactones) is 1. The van der Waals surface area contributed by atoms with Crippen molar-refractivity contribution in [2.45, 2.75) is 143 Å². The number of carbonyl (C=O) groups is 4. The number of esters is 2. The number of hydrogen-bond donors (Lipinski definition) is 6. The summed E-state index contributed by atoms with van der Waals surface area (Å²) in [6, 6.07) is 0. The molecule has 0 radical (unpaired) electrons. The third-order valence-electron chi connectivity index (χ3n) is 12.6. The lowest BCUT2D eigenvalue weighted by Gasteiger charge is -2.48. The minimum atomic E-state index is -2.10.